The standard InChI is InChI=1S/CH5BN2P2/c2-1(3-5)4-6/h5-6H2,(H,3,4). The van der Waals surface area contributed by atoms with Crippen LogP contribution in [0, 0.1) is 0 Å². The van der Waals surface area contributed by atoms with Crippen molar-refractivity contribution < 1.29 is 0 Å². The number of rotatable bonds is 0. The normalized spacial score (nSPS) is 11.3. The third kappa shape index (κ3) is 2.62. The number of hydrogen-bond donors (Lipinski definition) is 1. The first-order chi connectivity index (χ1) is 2.81. The van der Waals surface area contributed by atoms with Crippen molar-refractivity contribution in [1.29, 1.82) is 0 Å². The fourth-order valence-electron chi connectivity index (χ4n) is 0.0373. The van der Waals surface area contributed by atoms with Gasteiger partial charge in [0, 0.05) is 5.73 Å². The zero-order valence-corrected chi connectivity index (χ0v) is 5.49. The first kappa shape index (κ1) is 6.39. The molecule has 1 N–H and O–H groups in total. The summed E-state index contributed by atoms with van der Waals surface area (Å²) in [6, 6.07) is 0. The molecule has 0 rings (SSSR count). The Morgan fingerprint density at radius 2 is 2.33 bits per heavy atom. The molecule has 0 saturated carbocycles. The Balaban J connectivity index is 3.22. The maximum atomic E-state index is 5.07. The van der Waals surface area contributed by atoms with Crippen LogP contribution in [0.3, 0.4) is 0 Å². The minimum Gasteiger partial charge on any atom is -0.367 e. The summed E-state index contributed by atoms with van der Waals surface area (Å²) in [5, 5.41) is 2.54. The molecule has 2 nitrogen and oxygen atoms in total. The van der Waals surface area contributed by atoms with Crippen LogP contribution in [-0.4, -0.2) is 13.6 Å². The Labute approximate surface area is 43.1 Å². The fourth-order valence-corrected chi connectivity index (χ4v) is 0.335. The summed E-state index contributed by atoms with van der Waals surface area (Å²) >= 11 is 0. The van der Waals surface area contributed by atoms with E-state index in [1.807, 2.05) is 0 Å². The highest BCUT2D eigenvalue weighted by Gasteiger charge is 1.71. The summed E-state index contributed by atoms with van der Waals surface area (Å²) in [5.74, 6) is 0. The lowest BCUT2D eigenvalue weighted by molar-refractivity contribution is 1.58. The molecule has 0 spiro atoms. The summed E-state index contributed by atoms with van der Waals surface area (Å²) in [6.45, 7) is 0. The van der Waals surface area contributed by atoms with E-state index in [9.17, 15) is 0 Å². The van der Waals surface area contributed by atoms with E-state index in [-0.39, 0.29) is 0 Å². The van der Waals surface area contributed by atoms with Crippen LogP contribution in [0.5, 0.6) is 0 Å². The van der Waals surface area contributed by atoms with Crippen LogP contribution in [0.2, 0.25) is 0 Å². The highest BCUT2D eigenvalue weighted by Crippen LogP contribution is 1.80. The van der Waals surface area contributed by atoms with Crippen LogP contribution in [0.1, 0.15) is 0 Å². The van der Waals surface area contributed by atoms with Crippen LogP contribution < -0.4 is 5.09 Å². The van der Waals surface area contributed by atoms with Crippen molar-refractivity contribution in [2.45, 2.75) is 0 Å². The van der Waals surface area contributed by atoms with Gasteiger partial charge in [0.15, 0.2) is 7.85 Å². The topological polar surface area (TPSA) is 24.4 Å². The number of nitrogens with zero attached hydrogens (tertiary/aromatic N) is 1. The average molecular weight is 118 g/mol. The zero-order chi connectivity index (χ0) is 4.99. The molecule has 0 aromatic heterocycles. The molecule has 0 aliphatic carbocycles. The molecule has 32 valence electrons. The van der Waals surface area contributed by atoms with Gasteiger partial charge in [-0.15, -0.1) is 0 Å². The molecule has 0 fully saturated rings. The summed E-state index contributed by atoms with van der Waals surface area (Å²) in [5.41, 5.74) is 0.394. The minimum absolute atomic E-state index is 0.394. The predicted octanol–water partition coefficient (Wildman–Crippen LogP) is -0.319. The van der Waals surface area contributed by atoms with E-state index in [0.29, 0.717) is 5.73 Å². The molecular formula is CH5BN2P2. The molecule has 0 aromatic rings. The van der Waals surface area contributed by atoms with Gasteiger partial charge in [-0.25, -0.2) is 0 Å². The second-order valence-corrected chi connectivity index (χ2v) is 1.21. The highest BCUT2D eigenvalue weighted by molar-refractivity contribution is 7.18. The Morgan fingerprint density at radius 1 is 1.83 bits per heavy atom. The molecule has 0 amide bonds. The van der Waals surface area contributed by atoms with E-state index in [2.05, 4.69) is 28.6 Å². The van der Waals surface area contributed by atoms with Crippen molar-refractivity contribution in [1.82, 2.24) is 5.09 Å². The molecule has 2 unspecified atom stereocenters. The van der Waals surface area contributed by atoms with Gasteiger partial charge < -0.3 is 5.09 Å². The molecule has 2 radical (unpaired) electrons. The molecule has 0 bridgehead atoms. The second-order valence-electron chi connectivity index (χ2n) is 0.659. The van der Waals surface area contributed by atoms with Crippen LogP contribution in [0.25, 0.3) is 0 Å². The Bertz CT molecular complexity index is 62.6. The molecule has 0 saturated heterocycles. The van der Waals surface area contributed by atoms with Crippen molar-refractivity contribution in [3.05, 3.63) is 0 Å². The van der Waals surface area contributed by atoms with E-state index in [4.69, 9.17) is 7.85 Å². The largest absolute Gasteiger partial charge is 0.367 e. The first-order valence-corrected chi connectivity index (χ1v) is 2.40. The van der Waals surface area contributed by atoms with Gasteiger partial charge in [0.2, 0.25) is 0 Å². The summed E-state index contributed by atoms with van der Waals surface area (Å²) in [6.07, 6.45) is 0. The molecule has 5 heteroatoms. The Kier molecular flexibility index (Phi) is 3.82. The summed E-state index contributed by atoms with van der Waals surface area (Å²) in [4.78, 5) is 0. The average Bonchev–Trinajstić information content (AvgIpc) is 1.65. The van der Waals surface area contributed by atoms with Gasteiger partial charge in [-0.2, -0.15) is 0 Å². The molecular weight excluding hydrogens is 113 g/mol. The zero-order valence-electron chi connectivity index (χ0n) is 3.18. The Morgan fingerprint density at radius 3 is 2.33 bits per heavy atom. The summed E-state index contributed by atoms with van der Waals surface area (Å²) in [7, 11) is 9.42. The minimum atomic E-state index is 0.394. The quantitative estimate of drug-likeness (QED) is 0.200. The molecule has 0 aromatic carbocycles. The van der Waals surface area contributed by atoms with E-state index in [1.165, 1.54) is 0 Å². The highest BCUT2D eigenvalue weighted by atomic mass is 31.0. The van der Waals surface area contributed by atoms with Gasteiger partial charge in [-0.05, 0) is 18.8 Å². The van der Waals surface area contributed by atoms with E-state index in [1.54, 1.807) is 0 Å². The van der Waals surface area contributed by atoms with Crippen LogP contribution in [-0.2, 0) is 0 Å². The number of nitrogens with one attached hydrogen (secondary N) is 1. The third-order valence-electron chi connectivity index (χ3n) is 0.287. The van der Waals surface area contributed by atoms with Gasteiger partial charge in [0.1, 0.15) is 0 Å². The smallest absolute Gasteiger partial charge is 0.166 e. The molecule has 0 aliphatic rings. The van der Waals surface area contributed by atoms with Crippen molar-refractivity contribution in [2.24, 2.45) is 4.76 Å². The Hall–Kier alpha value is 0.395. The van der Waals surface area contributed by atoms with Crippen LogP contribution in [0.4, 0.5) is 0 Å². The fraction of sp³-hybridized carbons (Fsp3) is 0. The van der Waals surface area contributed by atoms with Crippen molar-refractivity contribution in [3.63, 3.8) is 0 Å². The molecule has 0 aliphatic heterocycles. The SMILES string of the molecule is [B]C(=NP)NP. The van der Waals surface area contributed by atoms with Gasteiger partial charge in [-0.1, -0.05) is 0 Å². The lowest BCUT2D eigenvalue weighted by Crippen LogP contribution is -2.09. The number of amidine groups is 1. The predicted molar refractivity (Wildman–Crippen MR) is 35.7 cm³/mol. The van der Waals surface area contributed by atoms with Crippen molar-refractivity contribution >= 4 is 32.4 Å². The van der Waals surface area contributed by atoms with Gasteiger partial charge in [0.05, 0.1) is 0 Å². The second kappa shape index (κ2) is 3.58. The first-order valence-electron chi connectivity index (χ1n) is 1.31. The van der Waals surface area contributed by atoms with Gasteiger partial charge in [0.25, 0.3) is 0 Å². The van der Waals surface area contributed by atoms with E-state index in [0.717, 1.165) is 0 Å². The van der Waals surface area contributed by atoms with Crippen LogP contribution in [0.15, 0.2) is 4.76 Å². The van der Waals surface area contributed by atoms with Gasteiger partial charge >= 0.3 is 0 Å². The maximum absolute atomic E-state index is 5.07. The molecule has 6 heavy (non-hydrogen) atoms. The van der Waals surface area contributed by atoms with E-state index < -0.39 is 0 Å². The van der Waals surface area contributed by atoms with Crippen molar-refractivity contribution in [2.75, 3.05) is 0 Å². The lowest BCUT2D eigenvalue weighted by atomic mass is 10.1. The third-order valence-corrected chi connectivity index (χ3v) is 0.861. The molecule has 2 atom stereocenters. The monoisotopic (exact) mass is 118 g/mol. The van der Waals surface area contributed by atoms with Crippen molar-refractivity contribution in [3.8, 4) is 0 Å². The number of hydrogen-bond acceptors (Lipinski definition) is 1. The van der Waals surface area contributed by atoms with E-state index >= 15 is 0 Å². The molecule has 0 heterocycles. The maximum Gasteiger partial charge on any atom is 0.166 e. The van der Waals surface area contributed by atoms with Crippen LogP contribution >= 0.6 is 18.8 Å². The summed E-state index contributed by atoms with van der Waals surface area (Å²) < 4.78 is 3.49. The lowest BCUT2D eigenvalue weighted by Gasteiger charge is -1.90. The van der Waals surface area contributed by atoms with Gasteiger partial charge in [-0.3, -0.25) is 4.76 Å².